The van der Waals surface area contributed by atoms with Gasteiger partial charge < -0.3 is 20.3 Å². The van der Waals surface area contributed by atoms with Crippen LogP contribution in [0.1, 0.15) is 22.2 Å². The van der Waals surface area contributed by atoms with Crippen molar-refractivity contribution >= 4 is 5.97 Å². The number of carbonyl (C=O) groups is 1. The van der Waals surface area contributed by atoms with E-state index in [4.69, 9.17) is 0 Å². The second-order valence-corrected chi connectivity index (χ2v) is 3.53. The molecular weight excluding hydrogens is 224 g/mol. The molecule has 0 spiro atoms. The molecule has 0 aliphatic heterocycles. The molecule has 0 fully saturated rings. The van der Waals surface area contributed by atoms with Crippen LogP contribution in [0.15, 0.2) is 18.3 Å². The van der Waals surface area contributed by atoms with Gasteiger partial charge in [0.1, 0.15) is 6.10 Å². The molecule has 0 amide bonds. The Kier molecular flexibility index (Phi) is 5.02. The first-order valence-electron chi connectivity index (χ1n) is 5.15. The fourth-order valence-electron chi connectivity index (χ4n) is 1.37. The lowest BCUT2D eigenvalue weighted by atomic mass is 10.1. The number of pyridine rings is 1. The van der Waals surface area contributed by atoms with E-state index in [1.54, 1.807) is 7.05 Å². The molecule has 3 N–H and O–H groups in total. The Bertz CT molecular complexity index is 383. The highest BCUT2D eigenvalue weighted by atomic mass is 16.5. The first-order valence-corrected chi connectivity index (χ1v) is 5.15. The van der Waals surface area contributed by atoms with Crippen LogP contribution in [0.3, 0.4) is 0 Å². The van der Waals surface area contributed by atoms with Crippen LogP contribution in [-0.4, -0.2) is 48.0 Å². The third-order valence-corrected chi connectivity index (χ3v) is 2.28. The molecule has 6 heteroatoms. The summed E-state index contributed by atoms with van der Waals surface area (Å²) in [5, 5.41) is 22.1. The maximum atomic E-state index is 11.3. The molecule has 6 nitrogen and oxygen atoms in total. The lowest BCUT2D eigenvalue weighted by Crippen LogP contribution is -2.30. The van der Waals surface area contributed by atoms with E-state index in [9.17, 15) is 15.0 Å². The van der Waals surface area contributed by atoms with Gasteiger partial charge in [-0.15, -0.1) is 0 Å². The molecule has 0 aliphatic rings. The van der Waals surface area contributed by atoms with Crippen LogP contribution < -0.4 is 5.32 Å². The third kappa shape index (κ3) is 3.48. The molecule has 0 saturated carbocycles. The van der Waals surface area contributed by atoms with E-state index in [0.717, 1.165) is 0 Å². The molecule has 17 heavy (non-hydrogen) atoms. The maximum absolute atomic E-state index is 11.3. The summed E-state index contributed by atoms with van der Waals surface area (Å²) in [5.74, 6) is -0.510. The quantitative estimate of drug-likeness (QED) is 0.600. The number of esters is 1. The maximum Gasteiger partial charge on any atom is 0.337 e. The molecule has 2 unspecified atom stereocenters. The standard InChI is InChI=1S/C11H16N2O4/c1-12-6-9(14)10(15)8-5-7(3-4-13-8)11(16)17-2/h3-5,9-10,12,14-15H,6H2,1-2H3. The molecule has 0 radical (unpaired) electrons. The van der Waals surface area contributed by atoms with Gasteiger partial charge >= 0.3 is 5.97 Å². The van der Waals surface area contributed by atoms with Crippen LogP contribution in [0.4, 0.5) is 0 Å². The van der Waals surface area contributed by atoms with Crippen LogP contribution >= 0.6 is 0 Å². The summed E-state index contributed by atoms with van der Waals surface area (Å²) in [4.78, 5) is 15.2. The third-order valence-electron chi connectivity index (χ3n) is 2.28. The Morgan fingerprint density at radius 1 is 1.59 bits per heavy atom. The molecule has 2 atom stereocenters. The van der Waals surface area contributed by atoms with Gasteiger partial charge in [0.2, 0.25) is 0 Å². The van der Waals surface area contributed by atoms with Gasteiger partial charge in [-0.05, 0) is 19.2 Å². The zero-order valence-electron chi connectivity index (χ0n) is 9.75. The smallest absolute Gasteiger partial charge is 0.337 e. The summed E-state index contributed by atoms with van der Waals surface area (Å²) in [6, 6.07) is 2.88. The van der Waals surface area contributed by atoms with E-state index >= 15 is 0 Å². The Balaban J connectivity index is 2.87. The van der Waals surface area contributed by atoms with Crippen molar-refractivity contribution in [3.05, 3.63) is 29.6 Å². The number of aliphatic hydroxyl groups excluding tert-OH is 2. The number of carbonyl (C=O) groups excluding carboxylic acids is 1. The molecular formula is C11H16N2O4. The first-order chi connectivity index (χ1) is 8.10. The van der Waals surface area contributed by atoms with Crippen molar-refractivity contribution in [2.45, 2.75) is 12.2 Å². The van der Waals surface area contributed by atoms with Crippen molar-refractivity contribution in [1.82, 2.24) is 10.3 Å². The summed E-state index contributed by atoms with van der Waals surface area (Å²) >= 11 is 0. The number of ether oxygens (including phenoxy) is 1. The second-order valence-electron chi connectivity index (χ2n) is 3.53. The fourth-order valence-corrected chi connectivity index (χ4v) is 1.37. The molecule has 0 bridgehead atoms. The minimum atomic E-state index is -1.15. The lowest BCUT2D eigenvalue weighted by molar-refractivity contribution is 0.0175. The number of aromatic nitrogens is 1. The number of methoxy groups -OCH3 is 1. The number of nitrogens with zero attached hydrogens (tertiary/aromatic N) is 1. The van der Waals surface area contributed by atoms with E-state index in [-0.39, 0.29) is 17.8 Å². The number of hydrogen-bond donors (Lipinski definition) is 3. The number of rotatable bonds is 5. The van der Waals surface area contributed by atoms with Crippen molar-refractivity contribution in [3.63, 3.8) is 0 Å². The molecule has 0 aliphatic carbocycles. The summed E-state index contributed by atoms with van der Waals surface area (Å²) in [6.45, 7) is 0.227. The average Bonchev–Trinajstić information content (AvgIpc) is 2.37. The number of likely N-dealkylation sites (N-methyl/N-ethyl adjacent to an activating group) is 1. The Morgan fingerprint density at radius 2 is 2.29 bits per heavy atom. The largest absolute Gasteiger partial charge is 0.465 e. The van der Waals surface area contributed by atoms with Crippen molar-refractivity contribution in [3.8, 4) is 0 Å². The van der Waals surface area contributed by atoms with E-state index in [0.29, 0.717) is 0 Å². The van der Waals surface area contributed by atoms with Crippen molar-refractivity contribution in [1.29, 1.82) is 0 Å². The summed E-state index contributed by atoms with van der Waals surface area (Å²) in [7, 11) is 2.93. The number of nitrogens with one attached hydrogen (secondary N) is 1. The van der Waals surface area contributed by atoms with Crippen LogP contribution in [-0.2, 0) is 4.74 Å². The van der Waals surface area contributed by atoms with E-state index < -0.39 is 18.2 Å². The predicted octanol–water partition coefficient (Wildman–Crippen LogP) is -0.518. The van der Waals surface area contributed by atoms with Crippen molar-refractivity contribution in [2.24, 2.45) is 0 Å². The van der Waals surface area contributed by atoms with Crippen LogP contribution in [0.2, 0.25) is 0 Å². The summed E-state index contributed by atoms with van der Waals surface area (Å²) in [5.41, 5.74) is 0.517. The number of hydrogen-bond acceptors (Lipinski definition) is 6. The summed E-state index contributed by atoms with van der Waals surface area (Å²) in [6.07, 6.45) is -0.746. The van der Waals surface area contributed by atoms with Crippen LogP contribution in [0.5, 0.6) is 0 Å². The summed E-state index contributed by atoms with van der Waals surface area (Å²) < 4.78 is 4.56. The van der Waals surface area contributed by atoms with Gasteiger partial charge in [0.05, 0.1) is 24.5 Å². The first kappa shape index (κ1) is 13.6. The topological polar surface area (TPSA) is 91.7 Å². The van der Waals surface area contributed by atoms with Gasteiger partial charge in [-0.2, -0.15) is 0 Å². The highest BCUT2D eigenvalue weighted by Crippen LogP contribution is 2.15. The Morgan fingerprint density at radius 3 is 2.88 bits per heavy atom. The van der Waals surface area contributed by atoms with Crippen LogP contribution in [0.25, 0.3) is 0 Å². The van der Waals surface area contributed by atoms with Gasteiger partial charge in [-0.3, -0.25) is 4.98 Å². The van der Waals surface area contributed by atoms with Gasteiger partial charge in [-0.1, -0.05) is 0 Å². The number of aliphatic hydroxyl groups is 2. The van der Waals surface area contributed by atoms with Crippen LogP contribution in [0, 0.1) is 0 Å². The normalized spacial score (nSPS) is 14.1. The Labute approximate surface area is 99.3 Å². The Hall–Kier alpha value is -1.50. The second kappa shape index (κ2) is 6.29. The molecule has 0 saturated heterocycles. The van der Waals surface area contributed by atoms with Gasteiger partial charge in [0.15, 0.2) is 0 Å². The van der Waals surface area contributed by atoms with E-state index in [1.165, 1.54) is 25.4 Å². The highest BCUT2D eigenvalue weighted by Gasteiger charge is 2.20. The minimum absolute atomic E-state index is 0.227. The molecule has 0 aromatic carbocycles. The molecule has 1 aromatic rings. The minimum Gasteiger partial charge on any atom is -0.465 e. The molecule has 1 aromatic heterocycles. The van der Waals surface area contributed by atoms with Crippen molar-refractivity contribution in [2.75, 3.05) is 20.7 Å². The molecule has 1 heterocycles. The van der Waals surface area contributed by atoms with E-state index in [2.05, 4.69) is 15.0 Å². The average molecular weight is 240 g/mol. The lowest BCUT2D eigenvalue weighted by Gasteiger charge is -2.17. The predicted molar refractivity (Wildman–Crippen MR) is 60.5 cm³/mol. The highest BCUT2D eigenvalue weighted by molar-refractivity contribution is 5.89. The van der Waals surface area contributed by atoms with Gasteiger partial charge in [0, 0.05) is 12.7 Å². The SMILES string of the molecule is CNCC(O)C(O)c1cc(C(=O)OC)ccn1. The van der Waals surface area contributed by atoms with Gasteiger partial charge in [-0.25, -0.2) is 4.79 Å². The van der Waals surface area contributed by atoms with Crippen molar-refractivity contribution < 1.29 is 19.7 Å². The molecule has 1 rings (SSSR count). The zero-order valence-corrected chi connectivity index (χ0v) is 9.75. The zero-order chi connectivity index (χ0) is 12.8. The van der Waals surface area contributed by atoms with Gasteiger partial charge in [0.25, 0.3) is 0 Å². The monoisotopic (exact) mass is 240 g/mol. The van der Waals surface area contributed by atoms with E-state index in [1.807, 2.05) is 0 Å². The fraction of sp³-hybridized carbons (Fsp3) is 0.455. The molecule has 94 valence electrons.